The standard InChI is InChI=1S/C20H25NO4/c22-7-8-24-17-5-2-6-21(13-17)12-16-11-20(23)25-19-10-15-4-1-3-14(15)9-18(16)19/h9-11,17,22H,1-8,12-13H2. The Morgan fingerprint density at radius 3 is 2.88 bits per heavy atom. The Hall–Kier alpha value is -1.69. The van der Waals surface area contributed by atoms with Crippen LogP contribution in [0.3, 0.4) is 0 Å². The molecule has 1 aliphatic carbocycles. The second-order valence-corrected chi connectivity index (χ2v) is 7.16. The Labute approximate surface area is 147 Å². The van der Waals surface area contributed by atoms with Crippen LogP contribution < -0.4 is 5.63 Å². The van der Waals surface area contributed by atoms with E-state index in [1.807, 2.05) is 0 Å². The van der Waals surface area contributed by atoms with Gasteiger partial charge in [-0.05, 0) is 67.5 Å². The molecule has 1 aromatic carbocycles. The number of likely N-dealkylation sites (tertiary alicyclic amines) is 1. The molecule has 1 saturated heterocycles. The molecule has 1 atom stereocenters. The van der Waals surface area contributed by atoms with E-state index in [1.54, 1.807) is 6.07 Å². The normalized spacial score (nSPS) is 20.9. The smallest absolute Gasteiger partial charge is 0.336 e. The number of hydrogen-bond acceptors (Lipinski definition) is 5. The van der Waals surface area contributed by atoms with Crippen LogP contribution in [0.5, 0.6) is 0 Å². The van der Waals surface area contributed by atoms with E-state index in [-0.39, 0.29) is 18.3 Å². The van der Waals surface area contributed by atoms with Gasteiger partial charge < -0.3 is 14.3 Å². The highest BCUT2D eigenvalue weighted by Crippen LogP contribution is 2.29. The first-order valence-corrected chi connectivity index (χ1v) is 9.26. The van der Waals surface area contributed by atoms with Crippen LogP contribution in [0, 0.1) is 0 Å². The summed E-state index contributed by atoms with van der Waals surface area (Å²) < 4.78 is 11.2. The van der Waals surface area contributed by atoms with Crippen LogP contribution in [0.25, 0.3) is 11.0 Å². The monoisotopic (exact) mass is 343 g/mol. The molecular formula is C20H25NO4. The third kappa shape index (κ3) is 3.64. The van der Waals surface area contributed by atoms with Gasteiger partial charge in [-0.1, -0.05) is 0 Å². The third-order valence-corrected chi connectivity index (χ3v) is 5.34. The summed E-state index contributed by atoms with van der Waals surface area (Å²) in [4.78, 5) is 14.4. The van der Waals surface area contributed by atoms with Gasteiger partial charge in [-0.25, -0.2) is 4.79 Å². The molecule has 0 saturated carbocycles. The van der Waals surface area contributed by atoms with E-state index in [2.05, 4.69) is 17.0 Å². The van der Waals surface area contributed by atoms with Crippen molar-refractivity contribution < 1.29 is 14.3 Å². The molecule has 0 spiro atoms. The van der Waals surface area contributed by atoms with Crippen molar-refractivity contribution in [3.63, 3.8) is 0 Å². The molecule has 2 aromatic rings. The molecule has 5 heteroatoms. The van der Waals surface area contributed by atoms with Crippen LogP contribution in [0.4, 0.5) is 0 Å². The Balaban J connectivity index is 1.59. The van der Waals surface area contributed by atoms with E-state index in [9.17, 15) is 4.79 Å². The maximum atomic E-state index is 12.0. The summed E-state index contributed by atoms with van der Waals surface area (Å²) in [6.45, 7) is 3.03. The van der Waals surface area contributed by atoms with Crippen molar-refractivity contribution in [3.8, 4) is 0 Å². The minimum absolute atomic E-state index is 0.0615. The van der Waals surface area contributed by atoms with Crippen molar-refractivity contribution in [2.45, 2.75) is 44.8 Å². The number of aliphatic hydroxyl groups is 1. The molecule has 4 rings (SSSR count). The molecule has 0 radical (unpaired) electrons. The van der Waals surface area contributed by atoms with E-state index >= 15 is 0 Å². The fourth-order valence-corrected chi connectivity index (χ4v) is 4.18. The summed E-state index contributed by atoms with van der Waals surface area (Å²) in [6.07, 6.45) is 5.64. The second-order valence-electron chi connectivity index (χ2n) is 7.16. The van der Waals surface area contributed by atoms with Crippen LogP contribution in [0.15, 0.2) is 27.4 Å². The summed E-state index contributed by atoms with van der Waals surface area (Å²) in [5, 5.41) is 10.0. The minimum Gasteiger partial charge on any atom is -0.423 e. The average Bonchev–Trinajstić information content (AvgIpc) is 3.06. The first-order valence-electron chi connectivity index (χ1n) is 9.26. The van der Waals surface area contributed by atoms with Gasteiger partial charge in [0.2, 0.25) is 0 Å². The molecule has 1 unspecified atom stereocenters. The van der Waals surface area contributed by atoms with Gasteiger partial charge in [0.05, 0.1) is 19.3 Å². The molecule has 0 bridgehead atoms. The van der Waals surface area contributed by atoms with E-state index in [1.165, 1.54) is 17.5 Å². The Bertz CT molecular complexity index is 813. The summed E-state index contributed by atoms with van der Waals surface area (Å²) >= 11 is 0. The number of benzene rings is 1. The molecule has 2 heterocycles. The van der Waals surface area contributed by atoms with Gasteiger partial charge in [0.1, 0.15) is 5.58 Å². The van der Waals surface area contributed by atoms with Crippen molar-refractivity contribution in [2.24, 2.45) is 0 Å². The zero-order valence-corrected chi connectivity index (χ0v) is 14.5. The van der Waals surface area contributed by atoms with E-state index < -0.39 is 0 Å². The number of fused-ring (bicyclic) bond motifs is 2. The van der Waals surface area contributed by atoms with Crippen LogP contribution in [-0.4, -0.2) is 42.4 Å². The van der Waals surface area contributed by atoms with E-state index in [0.29, 0.717) is 12.2 Å². The van der Waals surface area contributed by atoms with Gasteiger partial charge in [-0.15, -0.1) is 0 Å². The number of hydrogen-bond donors (Lipinski definition) is 1. The summed E-state index contributed by atoms with van der Waals surface area (Å²) in [6, 6.07) is 5.92. The van der Waals surface area contributed by atoms with Crippen molar-refractivity contribution >= 4 is 11.0 Å². The zero-order chi connectivity index (χ0) is 17.2. The lowest BCUT2D eigenvalue weighted by Crippen LogP contribution is -2.39. The first-order chi connectivity index (χ1) is 12.2. The van der Waals surface area contributed by atoms with Gasteiger partial charge in [0.15, 0.2) is 0 Å². The van der Waals surface area contributed by atoms with Crippen LogP contribution in [0.2, 0.25) is 0 Å². The summed E-state index contributed by atoms with van der Waals surface area (Å²) in [5.41, 5.74) is 4.20. The van der Waals surface area contributed by atoms with Crippen LogP contribution in [-0.2, 0) is 24.1 Å². The molecular weight excluding hydrogens is 318 g/mol. The zero-order valence-electron chi connectivity index (χ0n) is 14.5. The van der Waals surface area contributed by atoms with Crippen LogP contribution in [0.1, 0.15) is 36.0 Å². The highest BCUT2D eigenvalue weighted by atomic mass is 16.5. The molecule has 1 aliphatic heterocycles. The SMILES string of the molecule is O=c1cc(CN2CCCC(OCCO)C2)c2cc3c(cc2o1)CCC3. The number of aryl methyl sites for hydroxylation is 2. The van der Waals surface area contributed by atoms with Gasteiger partial charge in [-0.2, -0.15) is 0 Å². The van der Waals surface area contributed by atoms with Crippen molar-refractivity contribution in [3.05, 3.63) is 45.3 Å². The van der Waals surface area contributed by atoms with Gasteiger partial charge in [-0.3, -0.25) is 4.90 Å². The predicted octanol–water partition coefficient (Wildman–Crippen LogP) is 2.25. The quantitative estimate of drug-likeness (QED) is 0.844. The van der Waals surface area contributed by atoms with Gasteiger partial charge in [0.25, 0.3) is 0 Å². The second kappa shape index (κ2) is 7.28. The molecule has 134 valence electrons. The highest BCUT2D eigenvalue weighted by Gasteiger charge is 2.22. The minimum atomic E-state index is -0.273. The van der Waals surface area contributed by atoms with Gasteiger partial charge in [0, 0.05) is 24.5 Å². The topological polar surface area (TPSA) is 62.9 Å². The lowest BCUT2D eigenvalue weighted by atomic mass is 10.0. The number of ether oxygens (including phenoxy) is 1. The van der Waals surface area contributed by atoms with Crippen molar-refractivity contribution in [2.75, 3.05) is 26.3 Å². The number of aliphatic hydroxyl groups excluding tert-OH is 1. The summed E-state index contributed by atoms with van der Waals surface area (Å²) in [7, 11) is 0. The molecule has 1 aromatic heterocycles. The largest absolute Gasteiger partial charge is 0.423 e. The molecule has 5 nitrogen and oxygen atoms in total. The molecule has 1 N–H and O–H groups in total. The summed E-state index contributed by atoms with van der Waals surface area (Å²) in [5.74, 6) is 0. The molecule has 25 heavy (non-hydrogen) atoms. The molecule has 1 fully saturated rings. The van der Waals surface area contributed by atoms with E-state index in [4.69, 9.17) is 14.3 Å². The Morgan fingerprint density at radius 1 is 1.20 bits per heavy atom. The fraction of sp³-hybridized carbons (Fsp3) is 0.550. The third-order valence-electron chi connectivity index (χ3n) is 5.34. The maximum Gasteiger partial charge on any atom is 0.336 e. The predicted molar refractivity (Wildman–Crippen MR) is 95.8 cm³/mol. The average molecular weight is 343 g/mol. The first kappa shape index (κ1) is 16.8. The maximum absolute atomic E-state index is 12.0. The molecule has 0 amide bonds. The van der Waals surface area contributed by atoms with Crippen molar-refractivity contribution in [1.82, 2.24) is 4.90 Å². The van der Waals surface area contributed by atoms with Crippen LogP contribution >= 0.6 is 0 Å². The number of piperidine rings is 1. The Morgan fingerprint density at radius 2 is 2.04 bits per heavy atom. The molecule has 2 aliphatic rings. The lowest BCUT2D eigenvalue weighted by Gasteiger charge is -2.32. The number of rotatable bonds is 5. The Kier molecular flexibility index (Phi) is 4.88. The van der Waals surface area contributed by atoms with Gasteiger partial charge >= 0.3 is 5.63 Å². The van der Waals surface area contributed by atoms with E-state index in [0.717, 1.165) is 56.3 Å². The fourth-order valence-electron chi connectivity index (χ4n) is 4.18. The van der Waals surface area contributed by atoms with Crippen molar-refractivity contribution in [1.29, 1.82) is 0 Å². The number of nitrogens with zero attached hydrogens (tertiary/aromatic N) is 1. The highest BCUT2D eigenvalue weighted by molar-refractivity contribution is 5.82. The lowest BCUT2D eigenvalue weighted by molar-refractivity contribution is -0.0162.